The molecule has 0 bridgehead atoms. The Labute approximate surface area is 183 Å². The van der Waals surface area contributed by atoms with Crippen LogP contribution in [0.1, 0.15) is 61.3 Å². The Morgan fingerprint density at radius 1 is 0.839 bits per heavy atom. The van der Waals surface area contributed by atoms with Crippen molar-refractivity contribution >= 4 is 0 Å². The Morgan fingerprint density at radius 2 is 1.58 bits per heavy atom. The quantitative estimate of drug-likeness (QED) is 0.361. The third-order valence-electron chi connectivity index (χ3n) is 6.34. The molecule has 1 aliphatic rings. The van der Waals surface area contributed by atoms with Crippen LogP contribution in [-0.2, 0) is 19.3 Å². The van der Waals surface area contributed by atoms with Crippen LogP contribution in [0.5, 0.6) is 0 Å². The minimum atomic E-state index is -0.507. The summed E-state index contributed by atoms with van der Waals surface area (Å²) >= 11 is 0. The highest BCUT2D eigenvalue weighted by Gasteiger charge is 2.21. The first-order valence-corrected chi connectivity index (χ1v) is 11.3. The summed E-state index contributed by atoms with van der Waals surface area (Å²) in [5, 5.41) is 8.93. The van der Waals surface area contributed by atoms with Crippen LogP contribution in [0.4, 0.5) is 8.78 Å². The van der Waals surface area contributed by atoms with Crippen LogP contribution in [0.25, 0.3) is 22.3 Å². The van der Waals surface area contributed by atoms with Gasteiger partial charge in [-0.05, 0) is 76.8 Å². The van der Waals surface area contributed by atoms with Gasteiger partial charge in [0.1, 0.15) is 17.7 Å². The van der Waals surface area contributed by atoms with Crippen LogP contribution in [0.15, 0.2) is 48.5 Å². The second-order valence-corrected chi connectivity index (χ2v) is 8.41. The maximum Gasteiger partial charge on any atom is 0.141 e. The van der Waals surface area contributed by atoms with Crippen molar-refractivity contribution in [2.24, 2.45) is 0 Å². The molecule has 0 spiro atoms. The van der Waals surface area contributed by atoms with Gasteiger partial charge >= 0.3 is 0 Å². The van der Waals surface area contributed by atoms with Gasteiger partial charge in [-0.1, -0.05) is 69.0 Å². The SMILES string of the molecule is CCCCCCCc1ccc2c(c1F)CCc1cc(-c3ccc(C#N)c(F)c3)ccc1-2. The molecule has 0 radical (unpaired) electrons. The van der Waals surface area contributed by atoms with E-state index in [0.717, 1.165) is 64.6 Å². The second kappa shape index (κ2) is 9.43. The second-order valence-electron chi connectivity index (χ2n) is 8.41. The van der Waals surface area contributed by atoms with E-state index in [1.807, 2.05) is 24.3 Å². The van der Waals surface area contributed by atoms with Gasteiger partial charge in [0.25, 0.3) is 0 Å². The van der Waals surface area contributed by atoms with E-state index >= 15 is 4.39 Å². The van der Waals surface area contributed by atoms with E-state index in [1.54, 1.807) is 6.07 Å². The lowest BCUT2D eigenvalue weighted by molar-refractivity contribution is 0.575. The molecule has 3 aromatic carbocycles. The average Bonchev–Trinajstić information content (AvgIpc) is 2.79. The molecule has 4 rings (SSSR count). The van der Waals surface area contributed by atoms with E-state index in [9.17, 15) is 4.39 Å². The van der Waals surface area contributed by atoms with Gasteiger partial charge in [-0.3, -0.25) is 0 Å². The average molecular weight is 416 g/mol. The van der Waals surface area contributed by atoms with Gasteiger partial charge < -0.3 is 0 Å². The van der Waals surface area contributed by atoms with Crippen LogP contribution in [-0.4, -0.2) is 0 Å². The molecule has 3 heteroatoms. The number of fused-ring (bicyclic) bond motifs is 3. The maximum atomic E-state index is 15.2. The molecule has 0 unspecified atom stereocenters. The van der Waals surface area contributed by atoms with Gasteiger partial charge in [0, 0.05) is 0 Å². The molecule has 0 aromatic heterocycles. The molecule has 0 amide bonds. The van der Waals surface area contributed by atoms with Crippen molar-refractivity contribution in [2.75, 3.05) is 0 Å². The molecule has 31 heavy (non-hydrogen) atoms. The smallest absolute Gasteiger partial charge is 0.141 e. The first-order valence-electron chi connectivity index (χ1n) is 11.3. The van der Waals surface area contributed by atoms with Crippen molar-refractivity contribution in [1.82, 2.24) is 0 Å². The highest BCUT2D eigenvalue weighted by molar-refractivity contribution is 5.78. The normalized spacial score (nSPS) is 12.2. The molecule has 0 saturated carbocycles. The summed E-state index contributed by atoms with van der Waals surface area (Å²) < 4.78 is 29.3. The molecule has 0 fully saturated rings. The summed E-state index contributed by atoms with van der Waals surface area (Å²) in [5.74, 6) is -0.538. The van der Waals surface area contributed by atoms with Crippen molar-refractivity contribution in [3.63, 3.8) is 0 Å². The lowest BCUT2D eigenvalue weighted by atomic mass is 9.82. The number of unbranched alkanes of at least 4 members (excludes halogenated alkanes) is 4. The molecule has 0 N–H and O–H groups in total. The first-order chi connectivity index (χ1) is 15.1. The largest absolute Gasteiger partial charge is 0.206 e. The van der Waals surface area contributed by atoms with E-state index in [1.165, 1.54) is 31.4 Å². The summed E-state index contributed by atoms with van der Waals surface area (Å²) in [6, 6.07) is 16.6. The van der Waals surface area contributed by atoms with Crippen LogP contribution in [0.2, 0.25) is 0 Å². The zero-order chi connectivity index (χ0) is 21.8. The predicted molar refractivity (Wildman–Crippen MR) is 122 cm³/mol. The van der Waals surface area contributed by atoms with Crippen molar-refractivity contribution in [3.8, 4) is 28.3 Å². The van der Waals surface area contributed by atoms with Gasteiger partial charge in [0.15, 0.2) is 0 Å². The predicted octanol–water partition coefficient (Wildman–Crippen LogP) is 7.78. The molecule has 1 aliphatic carbocycles. The molecule has 3 aromatic rings. The van der Waals surface area contributed by atoms with Crippen LogP contribution >= 0.6 is 0 Å². The van der Waals surface area contributed by atoms with E-state index < -0.39 is 5.82 Å². The number of rotatable bonds is 7. The lowest BCUT2D eigenvalue weighted by Crippen LogP contribution is -2.08. The van der Waals surface area contributed by atoms with Crippen LogP contribution in [0, 0.1) is 23.0 Å². The number of aryl methyl sites for hydroxylation is 2. The highest BCUT2D eigenvalue weighted by atomic mass is 19.1. The Morgan fingerprint density at radius 3 is 2.35 bits per heavy atom. The van der Waals surface area contributed by atoms with Gasteiger partial charge in [0.05, 0.1) is 5.56 Å². The summed E-state index contributed by atoms with van der Waals surface area (Å²) in [5.41, 5.74) is 6.57. The summed E-state index contributed by atoms with van der Waals surface area (Å²) in [6.45, 7) is 2.20. The third kappa shape index (κ3) is 4.39. The number of halogens is 2. The fourth-order valence-electron chi connectivity index (χ4n) is 4.57. The number of nitriles is 1. The van der Waals surface area contributed by atoms with E-state index in [2.05, 4.69) is 19.1 Å². The minimum Gasteiger partial charge on any atom is -0.206 e. The Hall–Kier alpha value is -2.99. The zero-order valence-electron chi connectivity index (χ0n) is 18.0. The van der Waals surface area contributed by atoms with Gasteiger partial charge in [0.2, 0.25) is 0 Å². The van der Waals surface area contributed by atoms with E-state index in [0.29, 0.717) is 6.42 Å². The Bertz CT molecular complexity index is 1140. The summed E-state index contributed by atoms with van der Waals surface area (Å²) in [6.07, 6.45) is 8.15. The van der Waals surface area contributed by atoms with Crippen LogP contribution in [0.3, 0.4) is 0 Å². The molecule has 0 aliphatic heterocycles. The fourth-order valence-corrected chi connectivity index (χ4v) is 4.57. The third-order valence-corrected chi connectivity index (χ3v) is 6.34. The molecule has 158 valence electrons. The standard InChI is InChI=1S/C28H27F2N/c1-2-3-4-5-6-7-19-10-14-25-24-13-11-20(16-22(24)12-15-26(25)28(19)30)21-8-9-23(18-31)27(29)17-21/h8-11,13-14,16-17H,2-7,12,15H2,1H3. The van der Waals surface area contributed by atoms with Crippen molar-refractivity contribution < 1.29 is 8.78 Å². The molecule has 0 saturated heterocycles. The van der Waals surface area contributed by atoms with Crippen LogP contribution < -0.4 is 0 Å². The fraction of sp³-hybridized carbons (Fsp3) is 0.321. The Kier molecular flexibility index (Phi) is 6.47. The minimum absolute atomic E-state index is 0.0307. The molecule has 0 atom stereocenters. The van der Waals surface area contributed by atoms with Gasteiger partial charge in [-0.15, -0.1) is 0 Å². The first kappa shape index (κ1) is 21.2. The van der Waals surface area contributed by atoms with E-state index in [4.69, 9.17) is 5.26 Å². The van der Waals surface area contributed by atoms with E-state index in [-0.39, 0.29) is 11.4 Å². The number of benzene rings is 3. The van der Waals surface area contributed by atoms with Gasteiger partial charge in [-0.2, -0.15) is 5.26 Å². The topological polar surface area (TPSA) is 23.8 Å². The highest BCUT2D eigenvalue weighted by Crippen LogP contribution is 2.38. The monoisotopic (exact) mass is 415 g/mol. The maximum absolute atomic E-state index is 15.2. The number of hydrogen-bond acceptors (Lipinski definition) is 1. The lowest BCUT2D eigenvalue weighted by Gasteiger charge is -2.22. The van der Waals surface area contributed by atoms with Gasteiger partial charge in [-0.25, -0.2) is 8.78 Å². The number of hydrogen-bond donors (Lipinski definition) is 0. The molecule has 1 nitrogen and oxygen atoms in total. The van der Waals surface area contributed by atoms with Crippen molar-refractivity contribution in [3.05, 3.63) is 82.4 Å². The van der Waals surface area contributed by atoms with Crippen molar-refractivity contribution in [1.29, 1.82) is 5.26 Å². The number of nitrogens with zero attached hydrogens (tertiary/aromatic N) is 1. The molecular weight excluding hydrogens is 388 g/mol. The molecular formula is C28H27F2N. The molecule has 0 heterocycles. The Balaban J connectivity index is 1.58. The summed E-state index contributed by atoms with van der Waals surface area (Å²) in [4.78, 5) is 0. The summed E-state index contributed by atoms with van der Waals surface area (Å²) in [7, 11) is 0. The zero-order valence-corrected chi connectivity index (χ0v) is 18.0. The van der Waals surface area contributed by atoms with Crippen molar-refractivity contribution in [2.45, 2.75) is 58.3 Å².